The van der Waals surface area contributed by atoms with Gasteiger partial charge in [-0.15, -0.1) is 0 Å². The summed E-state index contributed by atoms with van der Waals surface area (Å²) in [5.74, 6) is 2.75. The van der Waals surface area contributed by atoms with E-state index in [4.69, 9.17) is 5.73 Å². The molecular formula is C13H21N5O. The lowest BCUT2D eigenvalue weighted by atomic mass is 10.2. The number of amides is 1. The Morgan fingerprint density at radius 1 is 1.32 bits per heavy atom. The number of hydrogen-bond donors (Lipinski definition) is 3. The van der Waals surface area contributed by atoms with Crippen molar-refractivity contribution in [3.8, 4) is 0 Å². The van der Waals surface area contributed by atoms with Crippen molar-refractivity contribution < 1.29 is 4.79 Å². The summed E-state index contributed by atoms with van der Waals surface area (Å²) in [6, 6.07) is 0. The first-order valence-corrected chi connectivity index (χ1v) is 6.76. The van der Waals surface area contributed by atoms with E-state index in [-0.39, 0.29) is 5.91 Å². The van der Waals surface area contributed by atoms with Gasteiger partial charge in [-0.1, -0.05) is 0 Å². The van der Waals surface area contributed by atoms with Crippen molar-refractivity contribution in [2.24, 2.45) is 5.73 Å². The predicted octanol–water partition coefficient (Wildman–Crippen LogP) is 1.38. The third-order valence-corrected chi connectivity index (χ3v) is 3.11. The molecule has 0 radical (unpaired) electrons. The number of carbonyl (C=O) groups is 1. The maximum Gasteiger partial charge on any atom is 0.219 e. The molecule has 0 atom stereocenters. The summed E-state index contributed by atoms with van der Waals surface area (Å²) in [5, 5.41) is 6.43. The molecule has 1 aliphatic rings. The summed E-state index contributed by atoms with van der Waals surface area (Å²) in [5.41, 5.74) is 6.12. The summed E-state index contributed by atoms with van der Waals surface area (Å²) in [6.07, 6.45) is 2.63. The fourth-order valence-electron chi connectivity index (χ4n) is 1.87. The third-order valence-electron chi connectivity index (χ3n) is 3.11. The minimum absolute atomic E-state index is 0.304. The molecule has 0 aromatic carbocycles. The van der Waals surface area contributed by atoms with Gasteiger partial charge in [0.2, 0.25) is 5.91 Å². The molecule has 1 aromatic heterocycles. The van der Waals surface area contributed by atoms with Crippen LogP contribution in [0.2, 0.25) is 0 Å². The molecule has 1 saturated carbocycles. The van der Waals surface area contributed by atoms with Crippen LogP contribution in [0, 0.1) is 6.92 Å². The molecule has 2 rings (SSSR count). The monoisotopic (exact) mass is 263 g/mol. The normalized spacial score (nSPS) is 14.2. The lowest BCUT2D eigenvalue weighted by Crippen LogP contribution is -2.17. The van der Waals surface area contributed by atoms with E-state index in [2.05, 4.69) is 20.6 Å². The molecular weight excluding hydrogens is 242 g/mol. The fourth-order valence-corrected chi connectivity index (χ4v) is 1.87. The van der Waals surface area contributed by atoms with Crippen LogP contribution in [-0.2, 0) is 4.79 Å². The number of nitrogens with two attached hydrogens (primary N) is 1. The Hall–Kier alpha value is -1.85. The Balaban J connectivity index is 2.16. The molecule has 104 valence electrons. The second-order valence-corrected chi connectivity index (χ2v) is 4.85. The highest BCUT2D eigenvalue weighted by molar-refractivity contribution is 5.74. The van der Waals surface area contributed by atoms with E-state index in [0.29, 0.717) is 18.9 Å². The van der Waals surface area contributed by atoms with Crippen molar-refractivity contribution >= 4 is 17.5 Å². The van der Waals surface area contributed by atoms with Crippen LogP contribution in [-0.4, -0.2) is 29.0 Å². The van der Waals surface area contributed by atoms with Crippen LogP contribution in [0.4, 0.5) is 11.6 Å². The second-order valence-electron chi connectivity index (χ2n) is 4.85. The van der Waals surface area contributed by atoms with Crippen molar-refractivity contribution in [3.05, 3.63) is 11.4 Å². The van der Waals surface area contributed by atoms with Crippen LogP contribution >= 0.6 is 0 Å². The minimum atomic E-state index is -0.312. The van der Waals surface area contributed by atoms with Gasteiger partial charge in [0.25, 0.3) is 0 Å². The van der Waals surface area contributed by atoms with Gasteiger partial charge in [0.1, 0.15) is 17.5 Å². The van der Waals surface area contributed by atoms with E-state index in [0.717, 1.165) is 42.4 Å². The highest BCUT2D eigenvalue weighted by atomic mass is 16.1. The molecule has 19 heavy (non-hydrogen) atoms. The highest BCUT2D eigenvalue weighted by Gasteiger charge is 2.28. The molecule has 6 nitrogen and oxygen atoms in total. The van der Waals surface area contributed by atoms with Crippen LogP contribution < -0.4 is 16.4 Å². The van der Waals surface area contributed by atoms with Gasteiger partial charge < -0.3 is 16.4 Å². The van der Waals surface area contributed by atoms with Gasteiger partial charge in [-0.3, -0.25) is 4.79 Å². The number of anilines is 2. The topological polar surface area (TPSA) is 92.9 Å². The first-order chi connectivity index (χ1) is 9.11. The van der Waals surface area contributed by atoms with Gasteiger partial charge in [0.05, 0.1) is 0 Å². The molecule has 4 N–H and O–H groups in total. The zero-order chi connectivity index (χ0) is 13.8. The summed E-state index contributed by atoms with van der Waals surface area (Å²) in [4.78, 5) is 19.9. The van der Waals surface area contributed by atoms with Gasteiger partial charge >= 0.3 is 0 Å². The number of nitrogens with one attached hydrogen (secondary N) is 2. The van der Waals surface area contributed by atoms with Crippen LogP contribution in [0.25, 0.3) is 0 Å². The van der Waals surface area contributed by atoms with Crippen LogP contribution in [0.1, 0.15) is 43.5 Å². The second kappa shape index (κ2) is 5.86. The number of aromatic nitrogens is 2. The maximum absolute atomic E-state index is 10.8. The van der Waals surface area contributed by atoms with Crippen molar-refractivity contribution in [3.63, 3.8) is 0 Å². The smallest absolute Gasteiger partial charge is 0.219 e. The average molecular weight is 263 g/mol. The van der Waals surface area contributed by atoms with Crippen molar-refractivity contribution in [1.29, 1.82) is 0 Å². The quantitative estimate of drug-likeness (QED) is 0.691. The Labute approximate surface area is 113 Å². The van der Waals surface area contributed by atoms with E-state index < -0.39 is 0 Å². The Morgan fingerprint density at radius 3 is 2.47 bits per heavy atom. The van der Waals surface area contributed by atoms with E-state index in [1.54, 1.807) is 0 Å². The van der Waals surface area contributed by atoms with Crippen LogP contribution in [0.3, 0.4) is 0 Å². The zero-order valence-corrected chi connectivity index (χ0v) is 11.5. The lowest BCUT2D eigenvalue weighted by Gasteiger charge is -2.14. The molecule has 0 bridgehead atoms. The van der Waals surface area contributed by atoms with Crippen LogP contribution in [0.15, 0.2) is 0 Å². The Kier molecular flexibility index (Phi) is 4.19. The molecule has 1 amide bonds. The third kappa shape index (κ3) is 3.56. The molecule has 0 saturated heterocycles. The van der Waals surface area contributed by atoms with Gasteiger partial charge in [0.15, 0.2) is 0 Å². The first kappa shape index (κ1) is 13.6. The molecule has 1 fully saturated rings. The molecule has 1 aliphatic carbocycles. The molecule has 1 aromatic rings. The summed E-state index contributed by atoms with van der Waals surface area (Å²) < 4.78 is 0. The molecule has 1 heterocycles. The van der Waals surface area contributed by atoms with Gasteiger partial charge in [-0.05, 0) is 26.7 Å². The van der Waals surface area contributed by atoms with Crippen molar-refractivity contribution in [2.45, 2.75) is 39.0 Å². The molecule has 0 aliphatic heterocycles. The van der Waals surface area contributed by atoms with E-state index in [9.17, 15) is 4.79 Å². The van der Waals surface area contributed by atoms with Gasteiger partial charge in [-0.25, -0.2) is 9.97 Å². The largest absolute Gasteiger partial charge is 0.370 e. The average Bonchev–Trinajstić information content (AvgIpc) is 3.17. The van der Waals surface area contributed by atoms with Gasteiger partial charge in [-0.2, -0.15) is 0 Å². The number of rotatable bonds is 7. The fraction of sp³-hybridized carbons (Fsp3) is 0.615. The number of hydrogen-bond acceptors (Lipinski definition) is 5. The SMILES string of the molecule is CCNc1nc(C2CC2)nc(NCCC(N)=O)c1C. The van der Waals surface area contributed by atoms with Crippen molar-refractivity contribution in [1.82, 2.24) is 9.97 Å². The molecule has 0 spiro atoms. The van der Waals surface area contributed by atoms with E-state index >= 15 is 0 Å². The Bertz CT molecular complexity index is 470. The number of nitrogens with zero attached hydrogens (tertiary/aromatic N) is 2. The highest BCUT2D eigenvalue weighted by Crippen LogP contribution is 2.39. The first-order valence-electron chi connectivity index (χ1n) is 6.76. The van der Waals surface area contributed by atoms with Crippen molar-refractivity contribution in [2.75, 3.05) is 23.7 Å². The zero-order valence-electron chi connectivity index (χ0n) is 11.5. The maximum atomic E-state index is 10.8. The van der Waals surface area contributed by atoms with Crippen LogP contribution in [0.5, 0.6) is 0 Å². The minimum Gasteiger partial charge on any atom is -0.370 e. The molecule has 0 unspecified atom stereocenters. The van der Waals surface area contributed by atoms with E-state index in [1.807, 2.05) is 13.8 Å². The molecule has 6 heteroatoms. The summed E-state index contributed by atoms with van der Waals surface area (Å²) in [6.45, 7) is 5.34. The predicted molar refractivity (Wildman–Crippen MR) is 75.2 cm³/mol. The summed E-state index contributed by atoms with van der Waals surface area (Å²) in [7, 11) is 0. The Morgan fingerprint density at radius 2 is 1.95 bits per heavy atom. The van der Waals surface area contributed by atoms with Gasteiger partial charge in [0, 0.05) is 31.0 Å². The van der Waals surface area contributed by atoms with E-state index in [1.165, 1.54) is 0 Å². The number of carbonyl (C=O) groups excluding carboxylic acids is 1. The summed E-state index contributed by atoms with van der Waals surface area (Å²) >= 11 is 0. The number of primary amides is 1. The lowest BCUT2D eigenvalue weighted by molar-refractivity contribution is -0.117. The standard InChI is InChI=1S/C13H21N5O/c1-3-15-11-8(2)12(16-7-6-10(14)19)18-13(17-11)9-4-5-9/h9H,3-7H2,1-2H3,(H2,14,19)(H2,15,16,17,18).